The van der Waals surface area contributed by atoms with Gasteiger partial charge in [0.1, 0.15) is 0 Å². The minimum atomic E-state index is 0. The summed E-state index contributed by atoms with van der Waals surface area (Å²) in [5, 5.41) is 11.3. The number of aliphatic hydroxyl groups excluding tert-OH is 1. The van der Waals surface area contributed by atoms with Gasteiger partial charge in [-0.25, -0.2) is 0 Å². The third-order valence-corrected chi connectivity index (χ3v) is 7.10. The summed E-state index contributed by atoms with van der Waals surface area (Å²) in [5.41, 5.74) is 3.66. The van der Waals surface area contributed by atoms with Gasteiger partial charge >= 0.3 is 5.23 Å². The van der Waals surface area contributed by atoms with Crippen LogP contribution in [0.25, 0.3) is 0 Å². The van der Waals surface area contributed by atoms with Gasteiger partial charge in [-0.2, -0.15) is 4.99 Å². The summed E-state index contributed by atoms with van der Waals surface area (Å²) >= 11 is 7.46. The van der Waals surface area contributed by atoms with Crippen LogP contribution >= 0.6 is 48.2 Å². The molecule has 1 saturated heterocycles. The number of aliphatic hydroxyl groups is 1. The average Bonchev–Trinajstić information content (AvgIpc) is 2.82. The number of nitrogens with one attached hydrogen (secondary N) is 1. The van der Waals surface area contributed by atoms with E-state index in [1.807, 2.05) is 24.3 Å². The summed E-state index contributed by atoms with van der Waals surface area (Å²) in [6.07, 6.45) is 5.72. The first kappa shape index (κ1) is 31.1. The summed E-state index contributed by atoms with van der Waals surface area (Å²) < 4.78 is 0. The number of thioether (sulfide) groups is 1. The highest BCUT2D eigenvalue weighted by molar-refractivity contribution is 8.13. The van der Waals surface area contributed by atoms with Crippen LogP contribution in [-0.4, -0.2) is 65.2 Å². The van der Waals surface area contributed by atoms with Crippen LogP contribution in [0.2, 0.25) is 5.02 Å². The molecule has 0 amide bonds. The lowest BCUT2D eigenvalue weighted by Crippen LogP contribution is -2.65. The molecule has 2 N–H and O–H groups in total. The Balaban J connectivity index is 0.00000289. The van der Waals surface area contributed by atoms with Gasteiger partial charge in [0, 0.05) is 55.6 Å². The molecule has 1 heterocycles. The Labute approximate surface area is 227 Å². The predicted octanol–water partition coefficient (Wildman–Crippen LogP) is 5.14. The van der Waals surface area contributed by atoms with Gasteiger partial charge in [0.15, 0.2) is 0 Å². The van der Waals surface area contributed by atoms with Crippen LogP contribution in [0.4, 0.5) is 5.69 Å². The van der Waals surface area contributed by atoms with Crippen LogP contribution in [0.3, 0.4) is 0 Å². The van der Waals surface area contributed by atoms with E-state index in [1.54, 1.807) is 0 Å². The first-order valence-corrected chi connectivity index (χ1v) is 13.2. The van der Waals surface area contributed by atoms with Crippen LogP contribution in [-0.2, 0) is 12.8 Å². The van der Waals surface area contributed by atoms with E-state index in [9.17, 15) is 5.11 Å². The maximum Gasteiger partial charge on any atom is 0.402 e. The number of aryl methyl sites for hydroxylation is 1. The Morgan fingerprint density at radius 2 is 1.41 bits per heavy atom. The fourth-order valence-electron chi connectivity index (χ4n) is 3.93. The molecule has 1 fully saturated rings. The molecular formula is C26H39Cl3N3OS+. The number of hydrogen-bond acceptors (Lipinski definition) is 3. The lowest BCUT2D eigenvalue weighted by molar-refractivity contribution is -0.360. The monoisotopic (exact) mass is 546 g/mol. The van der Waals surface area contributed by atoms with Crippen molar-refractivity contribution in [2.75, 3.05) is 45.0 Å². The van der Waals surface area contributed by atoms with Crippen molar-refractivity contribution in [2.45, 2.75) is 39.0 Å². The van der Waals surface area contributed by atoms with Crippen molar-refractivity contribution in [3.05, 3.63) is 64.7 Å². The standard InChI is InChI=1S/C26H36ClN3OS.2ClH/c1-2-3-5-22-8-12-25(13-9-22)28-26(31)32-21-4-15-29-17-19-30(20-18-29)16-14-23-6-10-24(27)11-7-23;;/h6-13H,2-5,14-21H2,1H3,(H,28,31);2*1H/p+1. The van der Waals surface area contributed by atoms with Crippen LogP contribution in [0, 0.1) is 0 Å². The van der Waals surface area contributed by atoms with Crippen molar-refractivity contribution in [1.29, 1.82) is 0 Å². The topological polar surface area (TPSA) is 40.7 Å². The van der Waals surface area contributed by atoms with Crippen molar-refractivity contribution in [3.8, 4) is 0 Å². The first-order valence-electron chi connectivity index (χ1n) is 11.9. The second-order valence-electron chi connectivity index (χ2n) is 8.49. The van der Waals surface area contributed by atoms with Crippen LogP contribution in [0.15, 0.2) is 48.5 Å². The second kappa shape index (κ2) is 17.5. The molecule has 0 saturated carbocycles. The molecule has 2 aromatic rings. The zero-order chi connectivity index (χ0) is 22.6. The molecule has 1 aliphatic heterocycles. The zero-order valence-corrected chi connectivity index (χ0v) is 23.3. The van der Waals surface area contributed by atoms with Crippen molar-refractivity contribution in [3.63, 3.8) is 0 Å². The molecule has 34 heavy (non-hydrogen) atoms. The normalized spacial score (nSPS) is 14.9. The highest BCUT2D eigenvalue weighted by Gasteiger charge is 2.16. The molecule has 2 aromatic carbocycles. The smallest absolute Gasteiger partial charge is 0.402 e. The van der Waals surface area contributed by atoms with Gasteiger partial charge in [0.05, 0.1) is 0 Å². The summed E-state index contributed by atoms with van der Waals surface area (Å²) in [6.45, 7) is 8.94. The van der Waals surface area contributed by atoms with Gasteiger partial charge in [0.25, 0.3) is 0 Å². The molecule has 0 unspecified atom stereocenters. The molecular weight excluding hydrogens is 509 g/mol. The average molecular weight is 548 g/mol. The Kier molecular flexibility index (Phi) is 16.0. The van der Waals surface area contributed by atoms with E-state index >= 15 is 0 Å². The minimum Gasteiger partial charge on any atom is -0.455 e. The Morgan fingerprint density at radius 1 is 0.853 bits per heavy atom. The number of piperazine rings is 1. The van der Waals surface area contributed by atoms with Gasteiger partial charge in [0.2, 0.25) is 5.69 Å². The van der Waals surface area contributed by atoms with E-state index in [4.69, 9.17) is 11.6 Å². The van der Waals surface area contributed by atoms with Crippen LogP contribution in [0.1, 0.15) is 37.3 Å². The SMILES string of the molecule is CCCCc1ccc([NH+]=C(O)SCCCN2CCN(CCc3ccc(Cl)cc3)CC2)cc1.Cl.Cl. The number of benzene rings is 2. The minimum absolute atomic E-state index is 0. The van der Waals surface area contributed by atoms with E-state index in [1.165, 1.54) is 35.7 Å². The Bertz CT molecular complexity index is 826. The lowest BCUT2D eigenvalue weighted by atomic mass is 10.1. The van der Waals surface area contributed by atoms with Gasteiger partial charge in [-0.3, -0.25) is 0 Å². The number of nitrogens with zero attached hydrogens (tertiary/aromatic N) is 2. The van der Waals surface area contributed by atoms with Crippen molar-refractivity contribution in [1.82, 2.24) is 9.80 Å². The Hall–Kier alpha value is -0.950. The third-order valence-electron chi connectivity index (χ3n) is 5.98. The number of halogens is 3. The molecule has 0 spiro atoms. The molecule has 0 aliphatic carbocycles. The molecule has 4 nitrogen and oxygen atoms in total. The fraction of sp³-hybridized carbons (Fsp3) is 0.500. The second-order valence-corrected chi connectivity index (χ2v) is 10.0. The largest absolute Gasteiger partial charge is 0.455 e. The predicted molar refractivity (Wildman–Crippen MR) is 153 cm³/mol. The van der Waals surface area contributed by atoms with Gasteiger partial charge in [-0.1, -0.05) is 49.2 Å². The van der Waals surface area contributed by atoms with Crippen LogP contribution < -0.4 is 4.99 Å². The highest BCUT2D eigenvalue weighted by atomic mass is 35.5. The maximum absolute atomic E-state index is 10.2. The third kappa shape index (κ3) is 11.7. The molecule has 1 aliphatic rings. The first-order chi connectivity index (χ1) is 15.6. The van der Waals surface area contributed by atoms with E-state index in [0.717, 1.165) is 75.0 Å². The number of unbranched alkanes of at least 4 members (excludes halogenated alkanes) is 1. The zero-order valence-electron chi connectivity index (χ0n) is 20.0. The van der Waals surface area contributed by atoms with Crippen molar-refractivity contribution >= 4 is 59.1 Å². The lowest BCUT2D eigenvalue weighted by Gasteiger charge is -2.34. The van der Waals surface area contributed by atoms with E-state index in [-0.39, 0.29) is 24.8 Å². The molecule has 0 aromatic heterocycles. The van der Waals surface area contributed by atoms with Gasteiger partial charge < -0.3 is 14.9 Å². The molecule has 0 radical (unpaired) electrons. The van der Waals surface area contributed by atoms with Crippen LogP contribution in [0.5, 0.6) is 0 Å². The summed E-state index contributed by atoms with van der Waals surface area (Å²) in [4.78, 5) is 8.20. The number of hydrogen-bond donors (Lipinski definition) is 2. The molecule has 0 bridgehead atoms. The van der Waals surface area contributed by atoms with E-state index in [2.05, 4.69) is 46.0 Å². The molecule has 0 atom stereocenters. The van der Waals surface area contributed by atoms with Gasteiger partial charge in [-0.05, 0) is 67.2 Å². The van der Waals surface area contributed by atoms with Crippen molar-refractivity contribution < 1.29 is 10.1 Å². The summed E-state index contributed by atoms with van der Waals surface area (Å²) in [6, 6.07) is 16.6. The molecule has 8 heteroatoms. The Morgan fingerprint density at radius 3 is 2.03 bits per heavy atom. The van der Waals surface area contributed by atoms with Crippen molar-refractivity contribution in [2.24, 2.45) is 0 Å². The molecule has 3 rings (SSSR count). The quantitative estimate of drug-likeness (QED) is 0.232. The highest BCUT2D eigenvalue weighted by Crippen LogP contribution is 2.12. The van der Waals surface area contributed by atoms with Gasteiger partial charge in [-0.15, -0.1) is 24.8 Å². The fourth-order valence-corrected chi connectivity index (χ4v) is 4.71. The molecule has 190 valence electrons. The maximum atomic E-state index is 10.2. The summed E-state index contributed by atoms with van der Waals surface area (Å²) in [5.74, 6) is 0.921. The summed E-state index contributed by atoms with van der Waals surface area (Å²) in [7, 11) is 0. The van der Waals surface area contributed by atoms with E-state index in [0.29, 0.717) is 5.23 Å². The number of rotatable bonds is 11. The van der Waals surface area contributed by atoms with E-state index < -0.39 is 0 Å².